The molecule has 0 atom stereocenters. The summed E-state index contributed by atoms with van der Waals surface area (Å²) in [5, 5.41) is 12.4. The first-order valence-electron chi connectivity index (χ1n) is 8.90. The van der Waals surface area contributed by atoms with Gasteiger partial charge in [-0.3, -0.25) is 0 Å². The van der Waals surface area contributed by atoms with Crippen LogP contribution in [0.3, 0.4) is 0 Å². The lowest BCUT2D eigenvalue weighted by molar-refractivity contribution is 0.0697. The van der Waals surface area contributed by atoms with E-state index in [2.05, 4.69) is 51.2 Å². The molecule has 0 radical (unpaired) electrons. The van der Waals surface area contributed by atoms with Gasteiger partial charge in [0.15, 0.2) is 0 Å². The molecule has 3 rings (SSSR count). The van der Waals surface area contributed by atoms with E-state index in [1.807, 2.05) is 12.1 Å². The van der Waals surface area contributed by atoms with Crippen LogP contribution in [0.15, 0.2) is 42.5 Å². The van der Waals surface area contributed by atoms with Gasteiger partial charge in [0.1, 0.15) is 0 Å². The number of carboxylic acids is 1. The molecule has 0 amide bonds. The number of hydrogen-bond acceptors (Lipinski definition) is 2. The van der Waals surface area contributed by atoms with Crippen molar-refractivity contribution in [3.63, 3.8) is 0 Å². The van der Waals surface area contributed by atoms with E-state index in [9.17, 15) is 4.79 Å². The van der Waals surface area contributed by atoms with Crippen LogP contribution >= 0.6 is 0 Å². The second-order valence-corrected chi connectivity index (χ2v) is 8.38. The summed E-state index contributed by atoms with van der Waals surface area (Å²) in [6, 6.07) is 13.8. The third-order valence-electron chi connectivity index (χ3n) is 5.55. The van der Waals surface area contributed by atoms with Crippen LogP contribution in [0, 0.1) is 0 Å². The average Bonchev–Trinajstić information content (AvgIpc) is 2.57. The highest BCUT2D eigenvalue weighted by Gasteiger charge is 2.36. The Bertz CT molecular complexity index is 788. The molecule has 0 aromatic heterocycles. The first kappa shape index (κ1) is 17.5. The van der Waals surface area contributed by atoms with Crippen molar-refractivity contribution >= 4 is 11.7 Å². The van der Waals surface area contributed by atoms with Crippen LogP contribution in [0.2, 0.25) is 0 Å². The highest BCUT2D eigenvalue weighted by Crippen LogP contribution is 2.46. The molecule has 3 heteroatoms. The van der Waals surface area contributed by atoms with Gasteiger partial charge < -0.3 is 10.4 Å². The molecule has 132 valence electrons. The van der Waals surface area contributed by atoms with E-state index in [4.69, 9.17) is 5.11 Å². The fourth-order valence-corrected chi connectivity index (χ4v) is 3.67. The molecule has 2 aromatic carbocycles. The largest absolute Gasteiger partial charge is 0.478 e. The predicted octanol–water partition coefficient (Wildman–Crippen LogP) is 5.35. The maximum absolute atomic E-state index is 10.9. The second kappa shape index (κ2) is 6.21. The van der Waals surface area contributed by atoms with Crippen molar-refractivity contribution in [1.82, 2.24) is 0 Å². The lowest BCUT2D eigenvalue weighted by Crippen LogP contribution is -2.33. The Morgan fingerprint density at radius 2 is 1.56 bits per heavy atom. The van der Waals surface area contributed by atoms with E-state index in [1.54, 1.807) is 12.1 Å². The van der Waals surface area contributed by atoms with E-state index >= 15 is 0 Å². The van der Waals surface area contributed by atoms with Gasteiger partial charge in [0.2, 0.25) is 0 Å². The third-order valence-corrected chi connectivity index (χ3v) is 5.55. The molecule has 1 aliphatic carbocycles. The van der Waals surface area contributed by atoms with Crippen LogP contribution in [0.25, 0.3) is 0 Å². The summed E-state index contributed by atoms with van der Waals surface area (Å²) in [4.78, 5) is 10.9. The Morgan fingerprint density at radius 3 is 2.16 bits per heavy atom. The van der Waals surface area contributed by atoms with Gasteiger partial charge in [0.25, 0.3) is 0 Å². The summed E-state index contributed by atoms with van der Waals surface area (Å²) in [5.41, 5.74) is 5.84. The first-order chi connectivity index (χ1) is 11.7. The number of fused-ring (bicyclic) bond motifs is 1. The topological polar surface area (TPSA) is 49.3 Å². The summed E-state index contributed by atoms with van der Waals surface area (Å²) in [6.45, 7) is 10.0. The van der Waals surface area contributed by atoms with E-state index in [0.29, 0.717) is 12.1 Å². The van der Waals surface area contributed by atoms with Crippen molar-refractivity contribution in [2.75, 3.05) is 5.32 Å². The molecule has 0 heterocycles. The SMILES string of the molecule is CC1(C)CCC(C)(C)c2cc(NCc3ccc(C(=O)O)cc3)ccc21. The van der Waals surface area contributed by atoms with Crippen LogP contribution in [0.5, 0.6) is 0 Å². The predicted molar refractivity (Wildman–Crippen MR) is 102 cm³/mol. The summed E-state index contributed by atoms with van der Waals surface area (Å²) in [6.07, 6.45) is 2.42. The van der Waals surface area contributed by atoms with Crippen molar-refractivity contribution in [1.29, 1.82) is 0 Å². The van der Waals surface area contributed by atoms with Gasteiger partial charge in [0, 0.05) is 12.2 Å². The van der Waals surface area contributed by atoms with Crippen molar-refractivity contribution in [2.24, 2.45) is 0 Å². The molecule has 0 fully saturated rings. The monoisotopic (exact) mass is 337 g/mol. The van der Waals surface area contributed by atoms with Crippen LogP contribution in [-0.2, 0) is 17.4 Å². The van der Waals surface area contributed by atoms with Crippen LogP contribution in [0.4, 0.5) is 5.69 Å². The van der Waals surface area contributed by atoms with Gasteiger partial charge in [-0.2, -0.15) is 0 Å². The van der Waals surface area contributed by atoms with Crippen molar-refractivity contribution < 1.29 is 9.90 Å². The molecule has 0 saturated heterocycles. The fraction of sp³-hybridized carbons (Fsp3) is 0.409. The maximum Gasteiger partial charge on any atom is 0.335 e. The average molecular weight is 337 g/mol. The van der Waals surface area contributed by atoms with Crippen molar-refractivity contribution in [3.8, 4) is 0 Å². The normalized spacial score (nSPS) is 17.6. The standard InChI is InChI=1S/C22H27NO2/c1-21(2)11-12-22(3,4)19-13-17(9-10-18(19)21)23-14-15-5-7-16(8-6-15)20(24)25/h5-10,13,23H,11-12,14H2,1-4H3,(H,24,25). The minimum atomic E-state index is -0.890. The van der Waals surface area contributed by atoms with Gasteiger partial charge in [-0.25, -0.2) is 4.79 Å². The maximum atomic E-state index is 10.9. The third kappa shape index (κ3) is 3.55. The molecular formula is C22H27NO2. The van der Waals surface area contributed by atoms with Crippen molar-refractivity contribution in [3.05, 3.63) is 64.7 Å². The molecule has 3 nitrogen and oxygen atoms in total. The Balaban J connectivity index is 1.79. The van der Waals surface area contributed by atoms with Gasteiger partial charge >= 0.3 is 5.97 Å². The van der Waals surface area contributed by atoms with Crippen LogP contribution in [-0.4, -0.2) is 11.1 Å². The number of rotatable bonds is 4. The zero-order valence-corrected chi connectivity index (χ0v) is 15.5. The molecule has 0 aliphatic heterocycles. The minimum Gasteiger partial charge on any atom is -0.478 e. The van der Waals surface area contributed by atoms with Gasteiger partial charge in [-0.1, -0.05) is 45.9 Å². The van der Waals surface area contributed by atoms with Gasteiger partial charge in [-0.05, 0) is 64.6 Å². The molecule has 0 spiro atoms. The van der Waals surface area contributed by atoms with Gasteiger partial charge in [0.05, 0.1) is 5.56 Å². The summed E-state index contributed by atoms with van der Waals surface area (Å²) >= 11 is 0. The first-order valence-corrected chi connectivity index (χ1v) is 8.90. The van der Waals surface area contributed by atoms with Gasteiger partial charge in [-0.15, -0.1) is 0 Å². The van der Waals surface area contributed by atoms with E-state index in [1.165, 1.54) is 24.0 Å². The number of nitrogens with one attached hydrogen (secondary N) is 1. The molecule has 25 heavy (non-hydrogen) atoms. The number of hydrogen-bond donors (Lipinski definition) is 2. The Labute approximate surface area is 150 Å². The zero-order valence-electron chi connectivity index (χ0n) is 15.5. The van der Waals surface area contributed by atoms with E-state index < -0.39 is 5.97 Å². The molecular weight excluding hydrogens is 310 g/mol. The van der Waals surface area contributed by atoms with E-state index in [-0.39, 0.29) is 10.8 Å². The van der Waals surface area contributed by atoms with Crippen LogP contribution < -0.4 is 5.32 Å². The highest BCUT2D eigenvalue weighted by atomic mass is 16.4. The minimum absolute atomic E-state index is 0.200. The number of aromatic carboxylic acids is 1. The Kier molecular flexibility index (Phi) is 4.36. The molecule has 0 bridgehead atoms. The highest BCUT2D eigenvalue weighted by molar-refractivity contribution is 5.87. The van der Waals surface area contributed by atoms with Crippen molar-refractivity contribution in [2.45, 2.75) is 57.9 Å². The number of anilines is 1. The molecule has 0 unspecified atom stereocenters. The number of carbonyl (C=O) groups is 1. The molecule has 0 saturated carbocycles. The smallest absolute Gasteiger partial charge is 0.335 e. The molecule has 1 aliphatic rings. The molecule has 2 aromatic rings. The lowest BCUT2D eigenvalue weighted by atomic mass is 9.63. The van der Waals surface area contributed by atoms with Crippen LogP contribution in [0.1, 0.15) is 67.6 Å². The Morgan fingerprint density at radius 1 is 0.960 bits per heavy atom. The second-order valence-electron chi connectivity index (χ2n) is 8.38. The summed E-state index contributed by atoms with van der Waals surface area (Å²) < 4.78 is 0. The number of carboxylic acid groups (broad SMARTS) is 1. The zero-order chi connectivity index (χ0) is 18.2. The lowest BCUT2D eigenvalue weighted by Gasteiger charge is -2.42. The quantitative estimate of drug-likeness (QED) is 0.791. The number of benzene rings is 2. The van der Waals surface area contributed by atoms with E-state index in [0.717, 1.165) is 11.3 Å². The fourth-order valence-electron chi connectivity index (χ4n) is 3.67. The molecule has 2 N–H and O–H groups in total. The Hall–Kier alpha value is -2.29. The summed E-state index contributed by atoms with van der Waals surface area (Å²) in [7, 11) is 0. The summed E-state index contributed by atoms with van der Waals surface area (Å²) in [5.74, 6) is -0.890.